The Kier molecular flexibility index (Phi) is 4.85. The SMILES string of the molecule is CCCCCC(C)n1c(-c2ccccn2)n[nH]c1=S. The predicted octanol–water partition coefficient (Wildman–Crippen LogP) is 4.14. The van der Waals surface area contributed by atoms with Gasteiger partial charge in [-0.05, 0) is 37.7 Å². The quantitative estimate of drug-likeness (QED) is 0.637. The molecule has 0 aliphatic rings. The van der Waals surface area contributed by atoms with Crippen LogP contribution in [0, 0.1) is 4.77 Å². The van der Waals surface area contributed by atoms with Crippen molar-refractivity contribution in [1.29, 1.82) is 0 Å². The summed E-state index contributed by atoms with van der Waals surface area (Å²) < 4.78 is 2.75. The van der Waals surface area contributed by atoms with E-state index in [2.05, 4.69) is 33.6 Å². The normalized spacial score (nSPS) is 12.5. The maximum absolute atomic E-state index is 5.35. The lowest BCUT2D eigenvalue weighted by Gasteiger charge is -2.15. The lowest BCUT2D eigenvalue weighted by Crippen LogP contribution is -2.08. The molecule has 0 aliphatic heterocycles. The molecule has 0 aromatic carbocycles. The van der Waals surface area contributed by atoms with Crippen molar-refractivity contribution < 1.29 is 0 Å². The highest BCUT2D eigenvalue weighted by Gasteiger charge is 2.14. The number of pyridine rings is 1. The Labute approximate surface area is 118 Å². The fraction of sp³-hybridized carbons (Fsp3) is 0.500. The number of aromatic amines is 1. The van der Waals surface area contributed by atoms with Gasteiger partial charge in [0.25, 0.3) is 0 Å². The van der Waals surface area contributed by atoms with Crippen molar-refractivity contribution in [2.24, 2.45) is 0 Å². The second-order valence-electron chi connectivity index (χ2n) is 4.78. The van der Waals surface area contributed by atoms with Gasteiger partial charge < -0.3 is 0 Å². The molecule has 1 unspecified atom stereocenters. The van der Waals surface area contributed by atoms with Crippen LogP contribution in [0.5, 0.6) is 0 Å². The fourth-order valence-electron chi connectivity index (χ4n) is 2.21. The summed E-state index contributed by atoms with van der Waals surface area (Å²) in [4.78, 5) is 4.35. The molecule has 2 aromatic rings. The molecule has 5 heteroatoms. The van der Waals surface area contributed by atoms with Crippen molar-refractivity contribution in [3.63, 3.8) is 0 Å². The molecule has 0 spiro atoms. The van der Waals surface area contributed by atoms with Gasteiger partial charge in [-0.15, -0.1) is 0 Å². The maximum atomic E-state index is 5.35. The molecule has 1 N–H and O–H groups in total. The Morgan fingerprint density at radius 3 is 2.89 bits per heavy atom. The highest BCUT2D eigenvalue weighted by molar-refractivity contribution is 7.71. The zero-order valence-electron chi connectivity index (χ0n) is 11.5. The molecule has 4 nitrogen and oxygen atoms in total. The summed E-state index contributed by atoms with van der Waals surface area (Å²) in [5.74, 6) is 0.828. The average molecular weight is 276 g/mol. The first-order valence-electron chi connectivity index (χ1n) is 6.82. The molecule has 0 bridgehead atoms. The zero-order valence-corrected chi connectivity index (χ0v) is 12.3. The summed E-state index contributed by atoms with van der Waals surface area (Å²) in [5.41, 5.74) is 0.859. The zero-order chi connectivity index (χ0) is 13.7. The van der Waals surface area contributed by atoms with Crippen LogP contribution >= 0.6 is 12.2 Å². The molecule has 2 aromatic heterocycles. The molecule has 0 fully saturated rings. The first-order chi connectivity index (χ1) is 9.24. The molecule has 1 atom stereocenters. The monoisotopic (exact) mass is 276 g/mol. The van der Waals surface area contributed by atoms with Gasteiger partial charge in [-0.1, -0.05) is 32.3 Å². The van der Waals surface area contributed by atoms with E-state index in [0.717, 1.165) is 17.9 Å². The molecule has 0 amide bonds. The van der Waals surface area contributed by atoms with Gasteiger partial charge in [0.1, 0.15) is 5.69 Å². The van der Waals surface area contributed by atoms with Gasteiger partial charge in [0.15, 0.2) is 10.6 Å². The number of aromatic nitrogens is 4. The molecule has 102 valence electrons. The Morgan fingerprint density at radius 1 is 1.37 bits per heavy atom. The molecular weight excluding hydrogens is 256 g/mol. The van der Waals surface area contributed by atoms with E-state index >= 15 is 0 Å². The minimum atomic E-state index is 0.342. The van der Waals surface area contributed by atoms with Crippen molar-refractivity contribution in [2.75, 3.05) is 0 Å². The number of nitrogens with zero attached hydrogens (tertiary/aromatic N) is 3. The van der Waals surface area contributed by atoms with Crippen molar-refractivity contribution >= 4 is 12.2 Å². The molecule has 2 rings (SSSR count). The largest absolute Gasteiger partial charge is 0.296 e. The average Bonchev–Trinajstić information content (AvgIpc) is 2.82. The van der Waals surface area contributed by atoms with E-state index in [4.69, 9.17) is 12.2 Å². The second-order valence-corrected chi connectivity index (χ2v) is 5.17. The summed E-state index contributed by atoms with van der Waals surface area (Å²) in [6, 6.07) is 6.17. The van der Waals surface area contributed by atoms with Crippen LogP contribution in [0.1, 0.15) is 45.6 Å². The van der Waals surface area contributed by atoms with Gasteiger partial charge in [-0.25, -0.2) is 0 Å². The van der Waals surface area contributed by atoms with Crippen molar-refractivity contribution in [3.8, 4) is 11.5 Å². The van der Waals surface area contributed by atoms with Gasteiger partial charge in [-0.2, -0.15) is 5.10 Å². The summed E-state index contributed by atoms with van der Waals surface area (Å²) in [6.07, 6.45) is 6.60. The van der Waals surface area contributed by atoms with Gasteiger partial charge in [0, 0.05) is 12.2 Å². The van der Waals surface area contributed by atoms with Crippen LogP contribution in [0.3, 0.4) is 0 Å². The fourth-order valence-corrected chi connectivity index (χ4v) is 2.52. The van der Waals surface area contributed by atoms with Crippen LogP contribution in [0.2, 0.25) is 0 Å². The van der Waals surface area contributed by atoms with E-state index in [1.54, 1.807) is 6.20 Å². The number of hydrogen-bond donors (Lipinski definition) is 1. The van der Waals surface area contributed by atoms with E-state index < -0.39 is 0 Å². The van der Waals surface area contributed by atoms with E-state index in [-0.39, 0.29) is 0 Å². The molecule has 0 saturated heterocycles. The number of rotatable bonds is 6. The van der Waals surface area contributed by atoms with Crippen LogP contribution in [-0.2, 0) is 0 Å². The number of unbranched alkanes of at least 4 members (excludes halogenated alkanes) is 2. The number of nitrogens with one attached hydrogen (secondary N) is 1. The standard InChI is InChI=1S/C14H20N4S/c1-3-4-5-8-11(2)18-13(16-17-14(18)19)12-9-6-7-10-15-12/h6-7,9-11H,3-5,8H2,1-2H3,(H,17,19). The molecule has 2 heterocycles. The third-order valence-electron chi connectivity index (χ3n) is 3.26. The molecule has 0 saturated carbocycles. The van der Waals surface area contributed by atoms with E-state index in [1.165, 1.54) is 19.3 Å². The number of hydrogen-bond acceptors (Lipinski definition) is 3. The van der Waals surface area contributed by atoms with Crippen molar-refractivity contribution in [2.45, 2.75) is 45.6 Å². The highest BCUT2D eigenvalue weighted by atomic mass is 32.1. The van der Waals surface area contributed by atoms with E-state index in [1.807, 2.05) is 18.2 Å². The summed E-state index contributed by atoms with van der Waals surface area (Å²) in [5, 5.41) is 7.20. The Balaban J connectivity index is 2.25. The molecule has 0 aliphatic carbocycles. The smallest absolute Gasteiger partial charge is 0.195 e. The topological polar surface area (TPSA) is 46.5 Å². The maximum Gasteiger partial charge on any atom is 0.195 e. The van der Waals surface area contributed by atoms with Crippen LogP contribution < -0.4 is 0 Å². The van der Waals surface area contributed by atoms with Gasteiger partial charge in [-0.3, -0.25) is 14.6 Å². The minimum absolute atomic E-state index is 0.342. The molecule has 0 radical (unpaired) electrons. The third kappa shape index (κ3) is 3.29. The van der Waals surface area contributed by atoms with Crippen molar-refractivity contribution in [1.82, 2.24) is 19.7 Å². The van der Waals surface area contributed by atoms with E-state index in [9.17, 15) is 0 Å². The summed E-state index contributed by atoms with van der Waals surface area (Å²) >= 11 is 5.35. The summed E-state index contributed by atoms with van der Waals surface area (Å²) in [7, 11) is 0. The van der Waals surface area contributed by atoms with Crippen LogP contribution in [0.25, 0.3) is 11.5 Å². The predicted molar refractivity (Wildman–Crippen MR) is 79.5 cm³/mol. The Hall–Kier alpha value is -1.49. The Morgan fingerprint density at radius 2 is 2.21 bits per heavy atom. The lowest BCUT2D eigenvalue weighted by molar-refractivity contribution is 0.475. The third-order valence-corrected chi connectivity index (χ3v) is 3.55. The van der Waals surface area contributed by atoms with Crippen LogP contribution in [0.15, 0.2) is 24.4 Å². The molecule has 19 heavy (non-hydrogen) atoms. The van der Waals surface area contributed by atoms with Crippen molar-refractivity contribution in [3.05, 3.63) is 29.2 Å². The lowest BCUT2D eigenvalue weighted by atomic mass is 10.1. The Bertz CT molecular complexity index is 558. The summed E-state index contributed by atoms with van der Waals surface area (Å²) in [6.45, 7) is 4.40. The van der Waals surface area contributed by atoms with Gasteiger partial charge in [0.2, 0.25) is 0 Å². The van der Waals surface area contributed by atoms with Gasteiger partial charge in [0.05, 0.1) is 0 Å². The molecular formula is C14H20N4S. The highest BCUT2D eigenvalue weighted by Crippen LogP contribution is 2.22. The first kappa shape index (κ1) is 13.9. The number of H-pyrrole nitrogens is 1. The van der Waals surface area contributed by atoms with E-state index in [0.29, 0.717) is 10.8 Å². The second kappa shape index (κ2) is 6.61. The van der Waals surface area contributed by atoms with Crippen LogP contribution in [0.4, 0.5) is 0 Å². The van der Waals surface area contributed by atoms with Crippen LogP contribution in [-0.4, -0.2) is 19.7 Å². The minimum Gasteiger partial charge on any atom is -0.296 e. The first-order valence-corrected chi connectivity index (χ1v) is 7.23. The van der Waals surface area contributed by atoms with Gasteiger partial charge >= 0.3 is 0 Å².